The Bertz CT molecular complexity index is 1000. The van der Waals surface area contributed by atoms with Gasteiger partial charge in [0, 0.05) is 0 Å². The Morgan fingerprint density at radius 2 is 1.36 bits per heavy atom. The molecular formula is C25H20. The normalized spacial score (nSPS) is 15.1. The minimum atomic E-state index is 1.04. The maximum Gasteiger partial charge on any atom is -0.00135 e. The molecule has 0 saturated heterocycles. The summed E-state index contributed by atoms with van der Waals surface area (Å²) in [7, 11) is 0. The standard InChI is InChI=1S/C25H20/c1-2-8-18(9-3-1)14-22-17-21-12-6-7-13-24(21)25(22)23-15-19-10-4-5-11-20(19)16-23/h1-13,15H,14,16-17H2. The summed E-state index contributed by atoms with van der Waals surface area (Å²) in [4.78, 5) is 0. The fraction of sp³-hybridized carbons (Fsp3) is 0.120. The number of hydrogen-bond donors (Lipinski definition) is 0. The van der Waals surface area contributed by atoms with Crippen LogP contribution in [0.1, 0.15) is 27.8 Å². The maximum atomic E-state index is 2.40. The van der Waals surface area contributed by atoms with Gasteiger partial charge < -0.3 is 0 Å². The predicted molar refractivity (Wildman–Crippen MR) is 105 cm³/mol. The molecule has 0 heteroatoms. The third-order valence-electron chi connectivity index (χ3n) is 5.39. The molecule has 0 spiro atoms. The fourth-order valence-electron chi connectivity index (χ4n) is 4.26. The zero-order chi connectivity index (χ0) is 16.6. The lowest BCUT2D eigenvalue weighted by Gasteiger charge is -2.11. The van der Waals surface area contributed by atoms with Gasteiger partial charge in [-0.05, 0) is 58.2 Å². The van der Waals surface area contributed by atoms with E-state index in [1.807, 2.05) is 0 Å². The molecule has 0 nitrogen and oxygen atoms in total. The van der Waals surface area contributed by atoms with Crippen LogP contribution in [0.25, 0.3) is 11.6 Å². The number of rotatable bonds is 3. The highest BCUT2D eigenvalue weighted by Gasteiger charge is 2.26. The van der Waals surface area contributed by atoms with Crippen molar-refractivity contribution >= 4 is 11.6 Å². The van der Waals surface area contributed by atoms with Crippen molar-refractivity contribution in [2.75, 3.05) is 0 Å². The molecule has 0 radical (unpaired) electrons. The van der Waals surface area contributed by atoms with Gasteiger partial charge in [0.2, 0.25) is 0 Å². The summed E-state index contributed by atoms with van der Waals surface area (Å²) in [6.07, 6.45) is 5.57. The van der Waals surface area contributed by atoms with E-state index in [-0.39, 0.29) is 0 Å². The lowest BCUT2D eigenvalue weighted by atomic mass is 9.93. The molecule has 2 aliphatic rings. The highest BCUT2D eigenvalue weighted by atomic mass is 14.3. The van der Waals surface area contributed by atoms with E-state index in [0.717, 1.165) is 19.3 Å². The molecule has 0 fully saturated rings. The van der Waals surface area contributed by atoms with E-state index in [1.54, 1.807) is 5.57 Å². The topological polar surface area (TPSA) is 0 Å². The van der Waals surface area contributed by atoms with Gasteiger partial charge in [-0.3, -0.25) is 0 Å². The van der Waals surface area contributed by atoms with Crippen molar-refractivity contribution in [1.29, 1.82) is 0 Å². The Morgan fingerprint density at radius 3 is 2.20 bits per heavy atom. The van der Waals surface area contributed by atoms with E-state index in [0.29, 0.717) is 0 Å². The summed E-state index contributed by atoms with van der Waals surface area (Å²) in [5.41, 5.74) is 11.7. The van der Waals surface area contributed by atoms with Gasteiger partial charge in [-0.1, -0.05) is 90.5 Å². The van der Waals surface area contributed by atoms with Crippen LogP contribution >= 0.6 is 0 Å². The van der Waals surface area contributed by atoms with Gasteiger partial charge >= 0.3 is 0 Å². The Kier molecular flexibility index (Phi) is 3.41. The summed E-state index contributed by atoms with van der Waals surface area (Å²) in [6, 6.07) is 28.6. The number of allylic oxidation sites excluding steroid dienone is 3. The first-order chi connectivity index (χ1) is 12.4. The molecule has 0 unspecified atom stereocenters. The third kappa shape index (κ3) is 2.55. The second kappa shape index (κ2) is 5.89. The first kappa shape index (κ1) is 14.5. The van der Waals surface area contributed by atoms with Crippen LogP contribution in [0, 0.1) is 0 Å². The minimum absolute atomic E-state index is 1.04. The van der Waals surface area contributed by atoms with Gasteiger partial charge in [-0.25, -0.2) is 0 Å². The van der Waals surface area contributed by atoms with Crippen LogP contribution < -0.4 is 0 Å². The van der Waals surface area contributed by atoms with Crippen molar-refractivity contribution < 1.29 is 0 Å². The highest BCUT2D eigenvalue weighted by Crippen LogP contribution is 2.43. The molecule has 5 rings (SSSR count). The molecule has 3 aromatic carbocycles. The summed E-state index contributed by atoms with van der Waals surface area (Å²) < 4.78 is 0. The van der Waals surface area contributed by atoms with Crippen LogP contribution in [-0.2, 0) is 19.3 Å². The quantitative estimate of drug-likeness (QED) is 0.565. The van der Waals surface area contributed by atoms with E-state index in [2.05, 4.69) is 84.9 Å². The zero-order valence-electron chi connectivity index (χ0n) is 14.2. The van der Waals surface area contributed by atoms with E-state index in [9.17, 15) is 0 Å². The number of benzene rings is 3. The van der Waals surface area contributed by atoms with Crippen LogP contribution in [0.5, 0.6) is 0 Å². The van der Waals surface area contributed by atoms with Crippen LogP contribution in [0.15, 0.2) is 90.0 Å². The third-order valence-corrected chi connectivity index (χ3v) is 5.39. The Hall–Kier alpha value is -2.86. The van der Waals surface area contributed by atoms with Crippen molar-refractivity contribution in [3.05, 3.63) is 118 Å². The Balaban J connectivity index is 1.60. The Labute approximate surface area is 149 Å². The fourth-order valence-corrected chi connectivity index (χ4v) is 4.26. The second-order valence-electron chi connectivity index (χ2n) is 7.02. The molecule has 0 aliphatic heterocycles. The lowest BCUT2D eigenvalue weighted by Crippen LogP contribution is -1.95. The molecule has 120 valence electrons. The van der Waals surface area contributed by atoms with Gasteiger partial charge in [0.05, 0.1) is 0 Å². The summed E-state index contributed by atoms with van der Waals surface area (Å²) in [6.45, 7) is 0. The van der Waals surface area contributed by atoms with E-state index in [1.165, 1.54) is 39.0 Å². The van der Waals surface area contributed by atoms with Crippen molar-refractivity contribution in [2.45, 2.75) is 19.3 Å². The van der Waals surface area contributed by atoms with Crippen LogP contribution in [0.2, 0.25) is 0 Å². The zero-order valence-corrected chi connectivity index (χ0v) is 14.2. The van der Waals surface area contributed by atoms with Gasteiger partial charge in [0.1, 0.15) is 0 Å². The van der Waals surface area contributed by atoms with E-state index < -0.39 is 0 Å². The van der Waals surface area contributed by atoms with Crippen LogP contribution in [0.4, 0.5) is 0 Å². The molecule has 0 N–H and O–H groups in total. The smallest absolute Gasteiger partial charge is 0.00135 e. The summed E-state index contributed by atoms with van der Waals surface area (Å²) in [5, 5.41) is 0. The van der Waals surface area contributed by atoms with Gasteiger partial charge in [0.15, 0.2) is 0 Å². The first-order valence-corrected chi connectivity index (χ1v) is 9.01. The minimum Gasteiger partial charge on any atom is -0.0622 e. The predicted octanol–water partition coefficient (Wildman–Crippen LogP) is 5.88. The SMILES string of the molecule is C1=C(C2=C(Cc3ccccc3)Cc3ccccc32)Cc2ccccc21. The molecule has 0 saturated carbocycles. The molecule has 2 aliphatic carbocycles. The monoisotopic (exact) mass is 320 g/mol. The van der Waals surface area contributed by atoms with Gasteiger partial charge in [-0.15, -0.1) is 0 Å². The largest absolute Gasteiger partial charge is 0.0622 e. The van der Waals surface area contributed by atoms with Gasteiger partial charge in [0.25, 0.3) is 0 Å². The second-order valence-corrected chi connectivity index (χ2v) is 7.02. The van der Waals surface area contributed by atoms with E-state index in [4.69, 9.17) is 0 Å². The molecule has 0 aromatic heterocycles. The van der Waals surface area contributed by atoms with Crippen LogP contribution in [0.3, 0.4) is 0 Å². The molecular weight excluding hydrogens is 300 g/mol. The Morgan fingerprint density at radius 1 is 0.640 bits per heavy atom. The highest BCUT2D eigenvalue weighted by molar-refractivity contribution is 5.93. The lowest BCUT2D eigenvalue weighted by molar-refractivity contribution is 1.06. The maximum absolute atomic E-state index is 2.40. The average Bonchev–Trinajstić information content (AvgIpc) is 3.22. The van der Waals surface area contributed by atoms with E-state index >= 15 is 0 Å². The number of hydrogen-bond acceptors (Lipinski definition) is 0. The van der Waals surface area contributed by atoms with Crippen molar-refractivity contribution in [1.82, 2.24) is 0 Å². The molecule has 0 heterocycles. The molecule has 25 heavy (non-hydrogen) atoms. The van der Waals surface area contributed by atoms with Crippen molar-refractivity contribution in [3.8, 4) is 0 Å². The molecule has 3 aromatic rings. The first-order valence-electron chi connectivity index (χ1n) is 9.01. The van der Waals surface area contributed by atoms with Crippen LogP contribution in [-0.4, -0.2) is 0 Å². The number of fused-ring (bicyclic) bond motifs is 2. The average molecular weight is 320 g/mol. The van der Waals surface area contributed by atoms with Gasteiger partial charge in [-0.2, -0.15) is 0 Å². The summed E-state index contributed by atoms with van der Waals surface area (Å²) in [5.74, 6) is 0. The van der Waals surface area contributed by atoms with Crippen molar-refractivity contribution in [3.63, 3.8) is 0 Å². The molecule has 0 atom stereocenters. The summed E-state index contributed by atoms with van der Waals surface area (Å²) >= 11 is 0. The molecule has 0 bridgehead atoms. The van der Waals surface area contributed by atoms with Crippen molar-refractivity contribution in [2.24, 2.45) is 0 Å². The molecule has 0 amide bonds.